The Morgan fingerprint density at radius 1 is 1.54 bits per heavy atom. The molecule has 13 heavy (non-hydrogen) atoms. The molecule has 0 aromatic rings. The molecular weight excluding hydrogens is 168 g/mol. The van der Waals surface area contributed by atoms with Gasteiger partial charge >= 0.3 is 0 Å². The van der Waals surface area contributed by atoms with Crippen LogP contribution in [-0.4, -0.2) is 36.3 Å². The molecule has 0 aromatic heterocycles. The van der Waals surface area contributed by atoms with Crippen molar-refractivity contribution in [3.63, 3.8) is 0 Å². The van der Waals surface area contributed by atoms with Crippen LogP contribution >= 0.6 is 0 Å². The van der Waals surface area contributed by atoms with Crippen LogP contribution in [0, 0.1) is 5.92 Å². The molecule has 1 aliphatic carbocycles. The Kier molecular flexibility index (Phi) is 2.20. The number of nitrogens with one attached hydrogen (secondary N) is 1. The summed E-state index contributed by atoms with van der Waals surface area (Å²) in [6, 6.07) is 0.464. The van der Waals surface area contributed by atoms with Gasteiger partial charge in [0.1, 0.15) is 0 Å². The van der Waals surface area contributed by atoms with E-state index in [0.717, 1.165) is 18.9 Å². The van der Waals surface area contributed by atoms with Crippen LogP contribution in [0.25, 0.3) is 0 Å². The molecule has 4 heteroatoms. The monoisotopic (exact) mass is 182 g/mol. The fourth-order valence-corrected chi connectivity index (χ4v) is 2.46. The van der Waals surface area contributed by atoms with E-state index in [4.69, 9.17) is 0 Å². The van der Waals surface area contributed by atoms with Gasteiger partial charge in [0.25, 0.3) is 0 Å². The van der Waals surface area contributed by atoms with Gasteiger partial charge in [0.2, 0.25) is 12.3 Å². The summed E-state index contributed by atoms with van der Waals surface area (Å²) >= 11 is 0. The number of rotatable bonds is 3. The summed E-state index contributed by atoms with van der Waals surface area (Å²) in [5.41, 5.74) is 0. The van der Waals surface area contributed by atoms with Crippen LogP contribution in [-0.2, 0) is 9.59 Å². The SMILES string of the molecule is O=CNCC(=O)N1CC2CCC1C2. The average Bonchev–Trinajstić information content (AvgIpc) is 2.74. The first-order valence-corrected chi connectivity index (χ1v) is 4.77. The second kappa shape index (κ2) is 3.36. The Labute approximate surface area is 77.3 Å². The van der Waals surface area contributed by atoms with E-state index >= 15 is 0 Å². The highest BCUT2D eigenvalue weighted by Crippen LogP contribution is 2.37. The summed E-state index contributed by atoms with van der Waals surface area (Å²) in [4.78, 5) is 23.4. The van der Waals surface area contributed by atoms with E-state index < -0.39 is 0 Å². The maximum Gasteiger partial charge on any atom is 0.242 e. The molecule has 2 fully saturated rings. The number of piperidine rings is 1. The Balaban J connectivity index is 1.87. The fraction of sp³-hybridized carbons (Fsp3) is 0.778. The third-order valence-electron chi connectivity index (χ3n) is 3.07. The second-order valence-electron chi connectivity index (χ2n) is 3.88. The van der Waals surface area contributed by atoms with E-state index in [-0.39, 0.29) is 12.5 Å². The standard InChI is InChI=1S/C9H14N2O2/c12-6-10-4-9(13)11-5-7-1-2-8(11)3-7/h6-8H,1-5H2,(H,10,12). The van der Waals surface area contributed by atoms with Crippen LogP contribution in [0.1, 0.15) is 19.3 Å². The lowest BCUT2D eigenvalue weighted by Crippen LogP contribution is -2.42. The van der Waals surface area contributed by atoms with Gasteiger partial charge in [-0.05, 0) is 25.2 Å². The van der Waals surface area contributed by atoms with Crippen LogP contribution in [0.3, 0.4) is 0 Å². The molecule has 2 aliphatic rings. The summed E-state index contributed by atoms with van der Waals surface area (Å²) in [5.74, 6) is 0.796. The van der Waals surface area contributed by atoms with Gasteiger partial charge in [0, 0.05) is 12.6 Å². The van der Waals surface area contributed by atoms with Gasteiger partial charge in [-0.2, -0.15) is 0 Å². The molecule has 0 spiro atoms. The minimum absolute atomic E-state index is 0.0688. The Bertz CT molecular complexity index is 230. The number of nitrogens with zero attached hydrogens (tertiary/aromatic N) is 1. The van der Waals surface area contributed by atoms with Gasteiger partial charge in [-0.25, -0.2) is 0 Å². The molecule has 1 saturated carbocycles. The van der Waals surface area contributed by atoms with Crippen molar-refractivity contribution < 1.29 is 9.59 Å². The summed E-state index contributed by atoms with van der Waals surface area (Å²) in [6.45, 7) is 1.07. The molecule has 4 nitrogen and oxygen atoms in total. The number of carbonyl (C=O) groups is 2. The highest BCUT2D eigenvalue weighted by atomic mass is 16.2. The van der Waals surface area contributed by atoms with E-state index in [1.807, 2.05) is 4.90 Å². The topological polar surface area (TPSA) is 49.4 Å². The average molecular weight is 182 g/mol. The minimum Gasteiger partial charge on any atom is -0.350 e. The zero-order valence-corrected chi connectivity index (χ0v) is 7.53. The lowest BCUT2D eigenvalue weighted by atomic mass is 10.1. The number of hydrogen-bond acceptors (Lipinski definition) is 2. The smallest absolute Gasteiger partial charge is 0.242 e. The van der Waals surface area contributed by atoms with E-state index in [2.05, 4.69) is 5.32 Å². The van der Waals surface area contributed by atoms with Crippen molar-refractivity contribution in [1.82, 2.24) is 10.2 Å². The number of amides is 2. The van der Waals surface area contributed by atoms with E-state index in [1.165, 1.54) is 12.8 Å². The maximum atomic E-state index is 11.5. The van der Waals surface area contributed by atoms with E-state index in [9.17, 15) is 9.59 Å². The minimum atomic E-state index is 0.0688. The van der Waals surface area contributed by atoms with Gasteiger partial charge < -0.3 is 10.2 Å². The van der Waals surface area contributed by atoms with E-state index in [1.54, 1.807) is 0 Å². The molecule has 1 N–H and O–H groups in total. The fourth-order valence-electron chi connectivity index (χ4n) is 2.46. The van der Waals surface area contributed by atoms with Crippen molar-refractivity contribution >= 4 is 12.3 Å². The van der Waals surface area contributed by atoms with Crippen LogP contribution in [0.5, 0.6) is 0 Å². The van der Waals surface area contributed by atoms with Gasteiger partial charge in [0.05, 0.1) is 6.54 Å². The van der Waals surface area contributed by atoms with Crippen LogP contribution in [0.4, 0.5) is 0 Å². The summed E-state index contributed by atoms with van der Waals surface area (Å²) in [5, 5.41) is 2.41. The molecule has 2 amide bonds. The first-order chi connectivity index (χ1) is 6.31. The van der Waals surface area contributed by atoms with Crippen LogP contribution < -0.4 is 5.32 Å². The third kappa shape index (κ3) is 1.53. The van der Waals surface area contributed by atoms with Crippen molar-refractivity contribution in [2.24, 2.45) is 5.92 Å². The lowest BCUT2D eigenvalue weighted by Gasteiger charge is -2.26. The Morgan fingerprint density at radius 2 is 2.38 bits per heavy atom. The van der Waals surface area contributed by atoms with E-state index in [0.29, 0.717) is 12.5 Å². The highest BCUT2D eigenvalue weighted by Gasteiger charge is 2.39. The van der Waals surface area contributed by atoms with Crippen molar-refractivity contribution in [2.75, 3.05) is 13.1 Å². The molecule has 2 unspecified atom stereocenters. The van der Waals surface area contributed by atoms with Gasteiger partial charge in [-0.1, -0.05) is 0 Å². The number of carbonyl (C=O) groups excluding carboxylic acids is 2. The predicted octanol–water partition coefficient (Wildman–Crippen LogP) is -0.257. The molecule has 2 rings (SSSR count). The lowest BCUT2D eigenvalue weighted by molar-refractivity contribution is -0.132. The molecule has 2 atom stereocenters. The number of likely N-dealkylation sites (tertiary alicyclic amines) is 1. The molecule has 2 bridgehead atoms. The number of hydrogen-bond donors (Lipinski definition) is 1. The maximum absolute atomic E-state index is 11.5. The third-order valence-corrected chi connectivity index (χ3v) is 3.07. The predicted molar refractivity (Wildman–Crippen MR) is 46.9 cm³/mol. The van der Waals surface area contributed by atoms with Crippen molar-refractivity contribution in [2.45, 2.75) is 25.3 Å². The molecule has 1 aliphatic heterocycles. The molecular formula is C9H14N2O2. The first kappa shape index (κ1) is 8.53. The number of fused-ring (bicyclic) bond motifs is 2. The largest absolute Gasteiger partial charge is 0.350 e. The van der Waals surface area contributed by atoms with Crippen molar-refractivity contribution in [3.8, 4) is 0 Å². The second-order valence-corrected chi connectivity index (χ2v) is 3.88. The zero-order valence-electron chi connectivity index (χ0n) is 7.53. The molecule has 0 radical (unpaired) electrons. The summed E-state index contributed by atoms with van der Waals surface area (Å²) in [6.07, 6.45) is 4.17. The summed E-state index contributed by atoms with van der Waals surface area (Å²) < 4.78 is 0. The Morgan fingerprint density at radius 3 is 2.92 bits per heavy atom. The van der Waals surface area contributed by atoms with Gasteiger partial charge in [-0.3, -0.25) is 9.59 Å². The first-order valence-electron chi connectivity index (χ1n) is 4.77. The normalized spacial score (nSPS) is 30.6. The van der Waals surface area contributed by atoms with Gasteiger partial charge in [-0.15, -0.1) is 0 Å². The molecule has 72 valence electrons. The molecule has 0 aromatic carbocycles. The van der Waals surface area contributed by atoms with Crippen molar-refractivity contribution in [1.29, 1.82) is 0 Å². The zero-order chi connectivity index (χ0) is 9.26. The Hall–Kier alpha value is -1.06. The molecule has 1 saturated heterocycles. The quantitative estimate of drug-likeness (QED) is 0.611. The van der Waals surface area contributed by atoms with Crippen LogP contribution in [0.15, 0.2) is 0 Å². The molecule has 1 heterocycles. The van der Waals surface area contributed by atoms with Crippen molar-refractivity contribution in [3.05, 3.63) is 0 Å². The van der Waals surface area contributed by atoms with Crippen LogP contribution in [0.2, 0.25) is 0 Å². The highest BCUT2D eigenvalue weighted by molar-refractivity contribution is 5.80. The summed E-state index contributed by atoms with van der Waals surface area (Å²) in [7, 11) is 0. The van der Waals surface area contributed by atoms with Gasteiger partial charge in [0.15, 0.2) is 0 Å².